The van der Waals surface area contributed by atoms with Gasteiger partial charge >= 0.3 is 0 Å². The smallest absolute Gasteiger partial charge is 0.142 e. The Morgan fingerprint density at radius 3 is 3.05 bits per heavy atom. The highest BCUT2D eigenvalue weighted by atomic mass is 35.5. The zero-order valence-corrected chi connectivity index (χ0v) is 13.5. The number of hydrogen-bond acceptors (Lipinski definition) is 3. The molecule has 1 N–H and O–H groups in total. The first-order valence-electron chi connectivity index (χ1n) is 7.59. The third kappa shape index (κ3) is 4.39. The van der Waals surface area contributed by atoms with Crippen LogP contribution >= 0.6 is 11.6 Å². The molecule has 1 aliphatic rings. The lowest BCUT2D eigenvalue weighted by Gasteiger charge is -2.37. The molecule has 3 nitrogen and oxygen atoms in total. The Morgan fingerprint density at radius 1 is 1.52 bits per heavy atom. The summed E-state index contributed by atoms with van der Waals surface area (Å²) in [5.41, 5.74) is 0.826. The topological polar surface area (TPSA) is 24.5 Å². The summed E-state index contributed by atoms with van der Waals surface area (Å²) in [5, 5.41) is 3.52. The third-order valence-corrected chi connectivity index (χ3v) is 4.43. The largest absolute Gasteiger partial charge is 0.374 e. The number of rotatable bonds is 6. The van der Waals surface area contributed by atoms with Gasteiger partial charge in [-0.1, -0.05) is 30.7 Å². The molecular formula is C16H24ClFN2O. The van der Waals surface area contributed by atoms with E-state index in [1.54, 1.807) is 6.07 Å². The van der Waals surface area contributed by atoms with Crippen LogP contribution in [0.5, 0.6) is 0 Å². The predicted molar refractivity (Wildman–Crippen MR) is 84.4 cm³/mol. The number of morpholine rings is 1. The van der Waals surface area contributed by atoms with E-state index in [0.717, 1.165) is 38.2 Å². The Hall–Kier alpha value is -0.680. The van der Waals surface area contributed by atoms with E-state index < -0.39 is 0 Å². The highest BCUT2D eigenvalue weighted by molar-refractivity contribution is 6.31. The second-order valence-corrected chi connectivity index (χ2v) is 5.90. The Bertz CT molecular complexity index is 456. The summed E-state index contributed by atoms with van der Waals surface area (Å²) in [5.74, 6) is -0.360. The zero-order valence-electron chi connectivity index (χ0n) is 12.7. The summed E-state index contributed by atoms with van der Waals surface area (Å²) >= 11 is 6.06. The van der Waals surface area contributed by atoms with Crippen molar-refractivity contribution < 1.29 is 9.13 Å². The average Bonchev–Trinajstić information content (AvgIpc) is 2.49. The van der Waals surface area contributed by atoms with E-state index in [0.29, 0.717) is 6.42 Å². The molecule has 0 radical (unpaired) electrons. The van der Waals surface area contributed by atoms with Gasteiger partial charge < -0.3 is 10.1 Å². The van der Waals surface area contributed by atoms with E-state index in [-0.39, 0.29) is 23.0 Å². The van der Waals surface area contributed by atoms with Gasteiger partial charge in [0.2, 0.25) is 0 Å². The van der Waals surface area contributed by atoms with E-state index in [9.17, 15) is 4.39 Å². The van der Waals surface area contributed by atoms with Crippen LogP contribution in [-0.2, 0) is 11.2 Å². The molecule has 21 heavy (non-hydrogen) atoms. The van der Waals surface area contributed by atoms with Crippen molar-refractivity contribution >= 4 is 11.6 Å². The summed E-state index contributed by atoms with van der Waals surface area (Å²) in [6, 6.07) is 5.10. The quantitative estimate of drug-likeness (QED) is 0.874. The molecule has 0 bridgehead atoms. The van der Waals surface area contributed by atoms with Crippen molar-refractivity contribution in [1.29, 1.82) is 0 Å². The number of ether oxygens (including phenoxy) is 1. The van der Waals surface area contributed by atoms with Crippen LogP contribution < -0.4 is 5.32 Å². The van der Waals surface area contributed by atoms with Crippen molar-refractivity contribution in [3.8, 4) is 0 Å². The van der Waals surface area contributed by atoms with E-state index in [2.05, 4.69) is 17.1 Å². The molecule has 0 spiro atoms. The molecule has 2 rings (SSSR count). The Balaban J connectivity index is 2.03. The zero-order chi connectivity index (χ0) is 15.2. The third-order valence-electron chi connectivity index (χ3n) is 4.01. The minimum Gasteiger partial charge on any atom is -0.374 e. The van der Waals surface area contributed by atoms with Crippen LogP contribution in [0.3, 0.4) is 0 Å². The first kappa shape index (κ1) is 16.7. The van der Waals surface area contributed by atoms with Crippen molar-refractivity contribution in [3.63, 3.8) is 0 Å². The van der Waals surface area contributed by atoms with Crippen LogP contribution in [0.1, 0.15) is 18.9 Å². The van der Waals surface area contributed by atoms with Gasteiger partial charge in [-0.2, -0.15) is 0 Å². The monoisotopic (exact) mass is 314 g/mol. The molecular weight excluding hydrogens is 291 g/mol. The Morgan fingerprint density at radius 2 is 2.33 bits per heavy atom. The fraction of sp³-hybridized carbons (Fsp3) is 0.625. The molecule has 0 aromatic heterocycles. The number of likely N-dealkylation sites (N-methyl/N-ethyl adjacent to an activating group) is 1. The van der Waals surface area contributed by atoms with Gasteiger partial charge in [0.15, 0.2) is 0 Å². The summed E-state index contributed by atoms with van der Waals surface area (Å²) in [7, 11) is 1.92. The van der Waals surface area contributed by atoms with Crippen molar-refractivity contribution in [2.45, 2.75) is 31.9 Å². The van der Waals surface area contributed by atoms with Gasteiger partial charge in [0.25, 0.3) is 0 Å². The minimum atomic E-state index is -0.360. The fourth-order valence-corrected chi connectivity index (χ4v) is 3.06. The maximum absolute atomic E-state index is 13.5. The number of nitrogens with one attached hydrogen (secondary N) is 1. The van der Waals surface area contributed by atoms with Crippen LogP contribution in [0.15, 0.2) is 18.2 Å². The molecule has 118 valence electrons. The molecule has 0 amide bonds. The van der Waals surface area contributed by atoms with E-state index in [1.165, 1.54) is 6.07 Å². The maximum atomic E-state index is 13.5. The van der Waals surface area contributed by atoms with Crippen molar-refractivity contribution in [2.24, 2.45) is 0 Å². The molecule has 0 saturated carbocycles. The van der Waals surface area contributed by atoms with Crippen LogP contribution in [0.2, 0.25) is 5.02 Å². The van der Waals surface area contributed by atoms with E-state index >= 15 is 0 Å². The number of hydrogen-bond donors (Lipinski definition) is 1. The van der Waals surface area contributed by atoms with Crippen LogP contribution in [-0.4, -0.2) is 50.3 Å². The molecule has 1 heterocycles. The second kappa shape index (κ2) is 8.08. The van der Waals surface area contributed by atoms with Crippen LogP contribution in [0, 0.1) is 5.82 Å². The average molecular weight is 315 g/mol. The lowest BCUT2D eigenvalue weighted by atomic mass is 10.00. The Kier molecular flexibility index (Phi) is 6.42. The van der Waals surface area contributed by atoms with E-state index in [4.69, 9.17) is 16.3 Å². The standard InChI is InChI=1S/C16H24ClFN2O/c1-3-7-20-8-9-21-15(11-20)14(19-2)10-12-5-4-6-13(18)16(12)17/h4-6,14-15,19H,3,7-11H2,1-2H3. The summed E-state index contributed by atoms with van der Waals surface area (Å²) in [6.07, 6.45) is 1.92. The van der Waals surface area contributed by atoms with E-state index in [1.807, 2.05) is 13.1 Å². The fourth-order valence-electron chi connectivity index (χ4n) is 2.86. The maximum Gasteiger partial charge on any atom is 0.142 e. The summed E-state index contributed by atoms with van der Waals surface area (Å²) < 4.78 is 19.5. The highest BCUT2D eigenvalue weighted by Gasteiger charge is 2.27. The van der Waals surface area contributed by atoms with Crippen molar-refractivity contribution in [1.82, 2.24) is 10.2 Å². The van der Waals surface area contributed by atoms with Crippen LogP contribution in [0.4, 0.5) is 4.39 Å². The number of benzene rings is 1. The molecule has 1 fully saturated rings. The molecule has 1 aromatic carbocycles. The molecule has 1 aliphatic heterocycles. The molecule has 1 saturated heterocycles. The molecule has 2 unspecified atom stereocenters. The van der Waals surface area contributed by atoms with Gasteiger partial charge in [0, 0.05) is 19.1 Å². The lowest BCUT2D eigenvalue weighted by molar-refractivity contribution is -0.0450. The van der Waals surface area contributed by atoms with Gasteiger partial charge in [0.1, 0.15) is 5.82 Å². The Labute approximate surface area is 131 Å². The van der Waals surface area contributed by atoms with Crippen molar-refractivity contribution in [2.75, 3.05) is 33.3 Å². The second-order valence-electron chi connectivity index (χ2n) is 5.52. The molecule has 2 atom stereocenters. The predicted octanol–water partition coefficient (Wildman–Crippen LogP) is 2.72. The van der Waals surface area contributed by atoms with Gasteiger partial charge in [-0.25, -0.2) is 4.39 Å². The molecule has 1 aromatic rings. The van der Waals surface area contributed by atoms with Gasteiger partial charge in [-0.3, -0.25) is 4.90 Å². The normalized spacial score (nSPS) is 21.4. The van der Waals surface area contributed by atoms with Gasteiger partial charge in [0.05, 0.1) is 17.7 Å². The molecule has 5 heteroatoms. The first-order chi connectivity index (χ1) is 10.2. The minimum absolute atomic E-state index is 0.106. The first-order valence-corrected chi connectivity index (χ1v) is 7.97. The SMILES string of the molecule is CCCN1CCOC(C(Cc2cccc(F)c2Cl)NC)C1. The molecule has 0 aliphatic carbocycles. The van der Waals surface area contributed by atoms with Gasteiger partial charge in [-0.05, 0) is 38.1 Å². The highest BCUT2D eigenvalue weighted by Crippen LogP contribution is 2.22. The number of halogens is 2. The number of nitrogens with zero attached hydrogens (tertiary/aromatic N) is 1. The van der Waals surface area contributed by atoms with Crippen molar-refractivity contribution in [3.05, 3.63) is 34.6 Å². The van der Waals surface area contributed by atoms with Crippen LogP contribution in [0.25, 0.3) is 0 Å². The summed E-state index contributed by atoms with van der Waals surface area (Å²) in [4.78, 5) is 2.42. The lowest BCUT2D eigenvalue weighted by Crippen LogP contribution is -2.52. The summed E-state index contributed by atoms with van der Waals surface area (Å²) in [6.45, 7) is 5.93. The van der Waals surface area contributed by atoms with Gasteiger partial charge in [-0.15, -0.1) is 0 Å².